The molecule has 0 spiro atoms. The second-order valence-electron chi connectivity index (χ2n) is 14.0. The summed E-state index contributed by atoms with van der Waals surface area (Å²) in [4.78, 5) is 15.4. The Hall–Kier alpha value is -7.17. The van der Waals surface area contributed by atoms with E-state index in [9.17, 15) is 0 Å². The van der Waals surface area contributed by atoms with Gasteiger partial charge in [0.15, 0.2) is 17.5 Å². The van der Waals surface area contributed by atoms with Crippen LogP contribution in [0.5, 0.6) is 0 Å². The summed E-state index contributed by atoms with van der Waals surface area (Å²) in [5.74, 6) is 1.92. The summed E-state index contributed by atoms with van der Waals surface area (Å²) < 4.78 is 2.42. The highest BCUT2D eigenvalue weighted by atomic mass is 15.0. The van der Waals surface area contributed by atoms with Gasteiger partial charge >= 0.3 is 0 Å². The number of nitrogens with zero attached hydrogens (tertiary/aromatic N) is 4. The van der Waals surface area contributed by atoms with Crippen LogP contribution in [-0.4, -0.2) is 19.5 Å². The summed E-state index contributed by atoms with van der Waals surface area (Å²) in [6.07, 6.45) is 12.4. The van der Waals surface area contributed by atoms with Gasteiger partial charge in [-0.3, -0.25) is 0 Å². The smallest absolute Gasteiger partial charge is 0.164 e. The maximum Gasteiger partial charge on any atom is 0.164 e. The average Bonchev–Trinajstić information content (AvgIpc) is 3.59. The van der Waals surface area contributed by atoms with Crippen molar-refractivity contribution in [2.45, 2.75) is 12.8 Å². The Labute approximate surface area is 319 Å². The zero-order chi connectivity index (χ0) is 36.9. The molecule has 9 aromatic rings. The van der Waals surface area contributed by atoms with Gasteiger partial charge in [0.05, 0.1) is 16.7 Å². The molecule has 0 bridgehead atoms. The van der Waals surface area contributed by atoms with Crippen molar-refractivity contribution < 1.29 is 0 Å². The van der Waals surface area contributed by atoms with Crippen LogP contribution in [0.3, 0.4) is 0 Å². The van der Waals surface area contributed by atoms with Crippen LogP contribution >= 0.6 is 0 Å². The molecule has 4 heteroatoms. The fourth-order valence-electron chi connectivity index (χ4n) is 8.27. The first-order chi connectivity index (χ1) is 27.2. The second-order valence-corrected chi connectivity index (χ2v) is 14.0. The first-order valence-corrected chi connectivity index (χ1v) is 18.8. The zero-order valence-corrected chi connectivity index (χ0v) is 30.3. The Morgan fingerprint density at radius 1 is 0.473 bits per heavy atom. The van der Waals surface area contributed by atoms with E-state index in [1.54, 1.807) is 0 Å². The lowest BCUT2D eigenvalue weighted by Crippen LogP contribution is -2.04. The van der Waals surface area contributed by atoms with E-state index in [-0.39, 0.29) is 0 Å². The molecular formula is C51H36N4. The molecule has 7 aromatic carbocycles. The molecule has 2 heterocycles. The van der Waals surface area contributed by atoms with Crippen molar-refractivity contribution in [1.29, 1.82) is 0 Å². The van der Waals surface area contributed by atoms with Crippen LogP contribution in [0.15, 0.2) is 171 Å². The molecule has 0 atom stereocenters. The predicted octanol–water partition coefficient (Wildman–Crippen LogP) is 13.3. The third kappa shape index (κ3) is 5.42. The van der Waals surface area contributed by atoms with Gasteiger partial charge in [-0.1, -0.05) is 153 Å². The zero-order valence-electron chi connectivity index (χ0n) is 30.3. The Morgan fingerprint density at radius 2 is 1.07 bits per heavy atom. The van der Waals surface area contributed by atoms with Crippen molar-refractivity contribution >= 4 is 61.1 Å². The molecule has 260 valence electrons. The second kappa shape index (κ2) is 13.4. The summed E-state index contributed by atoms with van der Waals surface area (Å²) in [5, 5.41) is 6.84. The van der Waals surface area contributed by atoms with Gasteiger partial charge in [0.1, 0.15) is 0 Å². The van der Waals surface area contributed by atoms with Gasteiger partial charge in [0, 0.05) is 32.9 Å². The van der Waals surface area contributed by atoms with Crippen molar-refractivity contribution in [3.8, 4) is 39.6 Å². The number of hydrogen-bond donors (Lipinski definition) is 0. The number of allylic oxidation sites excluding steroid dienone is 4. The molecule has 2 aromatic heterocycles. The quantitative estimate of drug-likeness (QED) is 0.155. The van der Waals surface area contributed by atoms with Crippen LogP contribution in [0.1, 0.15) is 29.8 Å². The van der Waals surface area contributed by atoms with Crippen LogP contribution in [-0.2, 0) is 0 Å². The number of hydrogen-bond acceptors (Lipinski definition) is 3. The molecule has 0 fully saturated rings. The molecule has 0 saturated carbocycles. The lowest BCUT2D eigenvalue weighted by Gasteiger charge is -2.20. The van der Waals surface area contributed by atoms with E-state index in [0.29, 0.717) is 17.5 Å². The highest BCUT2D eigenvalue weighted by molar-refractivity contribution is 6.20. The first-order valence-electron chi connectivity index (χ1n) is 18.8. The van der Waals surface area contributed by atoms with Gasteiger partial charge in [0.25, 0.3) is 0 Å². The van der Waals surface area contributed by atoms with Crippen LogP contribution < -0.4 is 0 Å². The lowest BCUT2D eigenvalue weighted by atomic mass is 9.89. The minimum atomic E-state index is 0.613. The number of fused-ring (bicyclic) bond motifs is 6. The van der Waals surface area contributed by atoms with Gasteiger partial charge in [-0.15, -0.1) is 0 Å². The monoisotopic (exact) mass is 704 g/mol. The molecule has 0 amide bonds. The number of benzene rings is 7. The summed E-state index contributed by atoms with van der Waals surface area (Å²) in [6, 6.07) is 49.4. The molecule has 0 radical (unpaired) electrons. The number of rotatable bonds is 7. The first kappa shape index (κ1) is 32.5. The molecule has 1 aliphatic carbocycles. The molecule has 1 aliphatic rings. The Morgan fingerprint density at radius 3 is 1.80 bits per heavy atom. The van der Waals surface area contributed by atoms with Crippen molar-refractivity contribution in [2.75, 3.05) is 0 Å². The van der Waals surface area contributed by atoms with E-state index in [2.05, 4.69) is 157 Å². The van der Waals surface area contributed by atoms with Gasteiger partial charge < -0.3 is 4.57 Å². The maximum atomic E-state index is 5.22. The number of para-hydroxylation sites is 1. The van der Waals surface area contributed by atoms with E-state index in [4.69, 9.17) is 15.0 Å². The van der Waals surface area contributed by atoms with Crippen LogP contribution in [0, 0.1) is 0 Å². The molecule has 0 saturated heterocycles. The van der Waals surface area contributed by atoms with Gasteiger partial charge in [-0.05, 0) is 81.6 Å². The van der Waals surface area contributed by atoms with E-state index in [0.717, 1.165) is 78.9 Å². The fraction of sp³-hybridized carbons (Fsp3) is 0.0392. The van der Waals surface area contributed by atoms with Crippen LogP contribution in [0.2, 0.25) is 0 Å². The Balaban J connectivity index is 1.34. The predicted molar refractivity (Wildman–Crippen MR) is 232 cm³/mol. The Kier molecular flexibility index (Phi) is 7.88. The average molecular weight is 705 g/mol. The maximum absolute atomic E-state index is 5.22. The van der Waals surface area contributed by atoms with Crippen molar-refractivity contribution in [3.63, 3.8) is 0 Å². The topological polar surface area (TPSA) is 43.6 Å². The van der Waals surface area contributed by atoms with E-state index in [1.165, 1.54) is 21.9 Å². The molecule has 4 nitrogen and oxygen atoms in total. The summed E-state index contributed by atoms with van der Waals surface area (Å²) in [7, 11) is 0. The fourth-order valence-corrected chi connectivity index (χ4v) is 8.27. The molecule has 10 rings (SSSR count). The van der Waals surface area contributed by atoms with Crippen molar-refractivity contribution in [3.05, 3.63) is 188 Å². The molecule has 0 unspecified atom stereocenters. The van der Waals surface area contributed by atoms with Gasteiger partial charge in [0.2, 0.25) is 0 Å². The van der Waals surface area contributed by atoms with Crippen molar-refractivity contribution in [2.24, 2.45) is 0 Å². The highest BCUT2D eigenvalue weighted by Gasteiger charge is 2.22. The third-order valence-electron chi connectivity index (χ3n) is 10.8. The lowest BCUT2D eigenvalue weighted by molar-refractivity contribution is 1.01. The third-order valence-corrected chi connectivity index (χ3v) is 10.8. The van der Waals surface area contributed by atoms with Gasteiger partial charge in [-0.2, -0.15) is 0 Å². The minimum absolute atomic E-state index is 0.613. The van der Waals surface area contributed by atoms with Crippen LogP contribution in [0.4, 0.5) is 0 Å². The van der Waals surface area contributed by atoms with E-state index in [1.807, 2.05) is 30.4 Å². The molecule has 0 aliphatic heterocycles. The SMILES string of the molecule is C=Cc1c(C=C)c2cc(-c3nc(C4=CCCC=C4)nc(-c4ccccc4)n3)cc(-n3c4ccccc4c4cc(-c5ccccc5)ccc43)c2c2ccccc12. The summed E-state index contributed by atoms with van der Waals surface area (Å²) in [6.45, 7) is 8.62. The minimum Gasteiger partial charge on any atom is -0.309 e. The van der Waals surface area contributed by atoms with E-state index < -0.39 is 0 Å². The van der Waals surface area contributed by atoms with Gasteiger partial charge in [-0.25, -0.2) is 15.0 Å². The Bertz CT molecular complexity index is 3060. The number of aromatic nitrogens is 4. The molecule has 0 N–H and O–H groups in total. The van der Waals surface area contributed by atoms with Crippen molar-refractivity contribution in [1.82, 2.24) is 19.5 Å². The normalized spacial score (nSPS) is 12.8. The standard InChI is InChI=1S/C51H36N4/c1-3-38-39(4-2)44-31-37(51-53-49(34-20-10-6-11-21-34)52-50(54-51)35-22-12-7-13-23-35)32-47(48(44)42-26-15-14-24-40(38)42)55-45-27-17-16-25-41(45)43-30-36(28-29-46(43)55)33-18-8-5-9-19-33/h3-6,8-12,14-32H,1-2,7,13H2. The largest absolute Gasteiger partial charge is 0.309 e. The summed E-state index contributed by atoms with van der Waals surface area (Å²) >= 11 is 0. The highest BCUT2D eigenvalue weighted by Crippen LogP contribution is 2.43. The molecule has 55 heavy (non-hydrogen) atoms. The summed E-state index contributed by atoms with van der Waals surface area (Å²) in [5.41, 5.74) is 10.6. The van der Waals surface area contributed by atoms with Crippen LogP contribution in [0.25, 0.3) is 101 Å². The molecular weight excluding hydrogens is 669 g/mol. The van der Waals surface area contributed by atoms with E-state index >= 15 is 0 Å².